The molecule has 0 fully saturated rings. The highest BCUT2D eigenvalue weighted by Crippen LogP contribution is 2.30. The molecule has 0 radical (unpaired) electrons. The van der Waals surface area contributed by atoms with Crippen LogP contribution < -0.4 is 5.32 Å². The molecule has 0 atom stereocenters. The summed E-state index contributed by atoms with van der Waals surface area (Å²) in [6, 6.07) is 9.15. The van der Waals surface area contributed by atoms with E-state index in [1.165, 1.54) is 18.2 Å². The molecule has 2 heterocycles. The lowest BCUT2D eigenvalue weighted by Gasteiger charge is -2.05. The fourth-order valence-corrected chi connectivity index (χ4v) is 4.00. The number of nitro benzene ring substituents is 2. The van der Waals surface area contributed by atoms with Gasteiger partial charge >= 0.3 is 5.69 Å². The standard InChI is InChI=1S/C19H12FN5O5S/c1-10-17(18(26)21-12-5-6-14(20)16(8-12)25(29)30)31-19-22-15(9-23(10)19)11-3-2-4-13(7-11)24(27)28/h2-9H,1H3,(H,21,26). The van der Waals surface area contributed by atoms with Crippen LogP contribution in [0.1, 0.15) is 15.4 Å². The van der Waals surface area contributed by atoms with E-state index >= 15 is 0 Å². The third-order valence-electron chi connectivity index (χ3n) is 4.52. The second-order valence-electron chi connectivity index (χ2n) is 6.48. The number of fused-ring (bicyclic) bond motifs is 1. The Balaban J connectivity index is 1.63. The van der Waals surface area contributed by atoms with Gasteiger partial charge in [-0.25, -0.2) is 4.98 Å². The summed E-state index contributed by atoms with van der Waals surface area (Å²) in [5.41, 5.74) is 0.934. The minimum absolute atomic E-state index is 0.0564. The molecule has 0 saturated heterocycles. The van der Waals surface area contributed by atoms with E-state index in [9.17, 15) is 29.4 Å². The van der Waals surface area contributed by atoms with Gasteiger partial charge in [0, 0.05) is 41.3 Å². The quantitative estimate of drug-likeness (QED) is 0.356. The first-order valence-electron chi connectivity index (χ1n) is 8.73. The van der Waals surface area contributed by atoms with Crippen LogP contribution in [0.4, 0.5) is 21.5 Å². The summed E-state index contributed by atoms with van der Waals surface area (Å²) >= 11 is 1.09. The monoisotopic (exact) mass is 441 g/mol. The van der Waals surface area contributed by atoms with Crippen LogP contribution >= 0.6 is 11.3 Å². The van der Waals surface area contributed by atoms with Gasteiger partial charge in [0.05, 0.1) is 15.5 Å². The molecule has 0 bridgehead atoms. The van der Waals surface area contributed by atoms with Gasteiger partial charge in [0.25, 0.3) is 11.6 Å². The van der Waals surface area contributed by atoms with Gasteiger partial charge in [-0.15, -0.1) is 0 Å². The topological polar surface area (TPSA) is 133 Å². The molecule has 1 N–H and O–H groups in total. The number of non-ortho nitro benzene ring substituents is 1. The van der Waals surface area contributed by atoms with Crippen LogP contribution in [-0.2, 0) is 0 Å². The van der Waals surface area contributed by atoms with Crippen LogP contribution in [-0.4, -0.2) is 25.1 Å². The molecule has 4 rings (SSSR count). The number of thiazole rings is 1. The van der Waals surface area contributed by atoms with Gasteiger partial charge in [-0.1, -0.05) is 23.5 Å². The lowest BCUT2D eigenvalue weighted by molar-refractivity contribution is -0.387. The van der Waals surface area contributed by atoms with Crippen molar-refractivity contribution in [1.29, 1.82) is 0 Å². The van der Waals surface area contributed by atoms with E-state index < -0.39 is 27.3 Å². The summed E-state index contributed by atoms with van der Waals surface area (Å²) in [7, 11) is 0. The molecule has 0 aliphatic rings. The van der Waals surface area contributed by atoms with E-state index in [1.807, 2.05) is 0 Å². The Morgan fingerprint density at radius 1 is 1.16 bits per heavy atom. The number of aryl methyl sites for hydroxylation is 1. The molecule has 1 amide bonds. The Bertz CT molecular complexity index is 1380. The number of hydrogen-bond acceptors (Lipinski definition) is 7. The van der Waals surface area contributed by atoms with E-state index in [2.05, 4.69) is 10.3 Å². The van der Waals surface area contributed by atoms with Crippen LogP contribution in [0.25, 0.3) is 16.2 Å². The fraction of sp³-hybridized carbons (Fsp3) is 0.0526. The number of carbonyl (C=O) groups is 1. The minimum Gasteiger partial charge on any atom is -0.321 e. The van der Waals surface area contributed by atoms with Crippen molar-refractivity contribution in [3.05, 3.63) is 85.3 Å². The van der Waals surface area contributed by atoms with Crippen molar-refractivity contribution in [3.8, 4) is 11.3 Å². The lowest BCUT2D eigenvalue weighted by atomic mass is 10.1. The van der Waals surface area contributed by atoms with Gasteiger partial charge in [0.1, 0.15) is 4.88 Å². The van der Waals surface area contributed by atoms with Crippen LogP contribution in [0.5, 0.6) is 0 Å². The van der Waals surface area contributed by atoms with E-state index in [-0.39, 0.29) is 11.4 Å². The molecule has 2 aromatic heterocycles. The van der Waals surface area contributed by atoms with Crippen molar-refractivity contribution >= 4 is 39.3 Å². The third kappa shape index (κ3) is 3.71. The molecule has 0 spiro atoms. The molecule has 0 unspecified atom stereocenters. The van der Waals surface area contributed by atoms with Crippen LogP contribution in [0.3, 0.4) is 0 Å². The number of benzene rings is 2. The number of hydrogen-bond donors (Lipinski definition) is 1. The fourth-order valence-electron chi connectivity index (χ4n) is 3.00. The van der Waals surface area contributed by atoms with E-state index in [1.54, 1.807) is 29.7 Å². The highest BCUT2D eigenvalue weighted by molar-refractivity contribution is 7.19. The van der Waals surface area contributed by atoms with Gasteiger partial charge in [-0.05, 0) is 19.1 Å². The first-order valence-corrected chi connectivity index (χ1v) is 9.55. The second kappa shape index (κ2) is 7.57. The first kappa shape index (κ1) is 20.1. The Hall–Kier alpha value is -4.19. The van der Waals surface area contributed by atoms with Gasteiger partial charge in [0.15, 0.2) is 4.96 Å². The number of nitrogens with zero attached hydrogens (tertiary/aromatic N) is 4. The number of halogens is 1. The average Bonchev–Trinajstić information content (AvgIpc) is 3.29. The molecule has 31 heavy (non-hydrogen) atoms. The summed E-state index contributed by atoms with van der Waals surface area (Å²) in [5.74, 6) is -1.52. The molecule has 0 aliphatic carbocycles. The minimum atomic E-state index is -0.998. The number of nitrogens with one attached hydrogen (secondary N) is 1. The number of aromatic nitrogens is 2. The molecule has 0 aliphatic heterocycles. The van der Waals surface area contributed by atoms with Crippen molar-refractivity contribution in [2.75, 3.05) is 5.32 Å². The normalized spacial score (nSPS) is 10.9. The maximum Gasteiger partial charge on any atom is 0.306 e. The predicted octanol–water partition coefficient (Wildman–Crippen LogP) is 4.58. The number of anilines is 1. The van der Waals surface area contributed by atoms with E-state index in [0.717, 1.165) is 23.5 Å². The molecule has 10 nitrogen and oxygen atoms in total. The maximum absolute atomic E-state index is 13.5. The van der Waals surface area contributed by atoms with Crippen molar-refractivity contribution in [2.24, 2.45) is 0 Å². The highest BCUT2D eigenvalue weighted by Gasteiger charge is 2.21. The summed E-state index contributed by atoms with van der Waals surface area (Å²) in [5, 5.41) is 24.4. The first-order chi connectivity index (χ1) is 14.7. The van der Waals surface area contributed by atoms with Crippen molar-refractivity contribution < 1.29 is 19.0 Å². The molecular weight excluding hydrogens is 429 g/mol. The third-order valence-corrected chi connectivity index (χ3v) is 5.67. The summed E-state index contributed by atoms with van der Waals surface area (Å²) in [6.45, 7) is 1.70. The number of nitro groups is 2. The Morgan fingerprint density at radius 3 is 2.61 bits per heavy atom. The maximum atomic E-state index is 13.5. The second-order valence-corrected chi connectivity index (χ2v) is 7.46. The van der Waals surface area contributed by atoms with Crippen molar-refractivity contribution in [1.82, 2.24) is 9.38 Å². The number of imidazole rings is 1. The molecule has 156 valence electrons. The zero-order valence-corrected chi connectivity index (χ0v) is 16.6. The molecule has 12 heteroatoms. The molecular formula is C19H12FN5O5S. The largest absolute Gasteiger partial charge is 0.321 e. The number of amides is 1. The van der Waals surface area contributed by atoms with Crippen LogP contribution in [0.2, 0.25) is 0 Å². The zero-order valence-electron chi connectivity index (χ0n) is 15.7. The van der Waals surface area contributed by atoms with Gasteiger partial charge < -0.3 is 5.32 Å². The SMILES string of the molecule is Cc1c(C(=O)Nc2ccc(F)c([N+](=O)[O-])c2)sc2nc(-c3cccc([N+](=O)[O-])c3)cn12. The number of carbonyl (C=O) groups excluding carboxylic acids is 1. The Labute approximate surface area is 176 Å². The zero-order chi connectivity index (χ0) is 22.3. The summed E-state index contributed by atoms with van der Waals surface area (Å²) < 4.78 is 15.2. The van der Waals surface area contributed by atoms with Crippen molar-refractivity contribution in [3.63, 3.8) is 0 Å². The molecule has 2 aromatic carbocycles. The Kier molecular flexibility index (Phi) is 4.91. The van der Waals surface area contributed by atoms with Crippen molar-refractivity contribution in [2.45, 2.75) is 6.92 Å². The summed E-state index contributed by atoms with van der Waals surface area (Å²) in [6.07, 6.45) is 1.67. The van der Waals surface area contributed by atoms with Crippen LogP contribution in [0.15, 0.2) is 48.7 Å². The van der Waals surface area contributed by atoms with Gasteiger partial charge in [-0.3, -0.25) is 29.4 Å². The van der Waals surface area contributed by atoms with Crippen LogP contribution in [0, 0.1) is 33.0 Å². The Morgan fingerprint density at radius 2 is 1.94 bits per heavy atom. The van der Waals surface area contributed by atoms with Gasteiger partial charge in [-0.2, -0.15) is 4.39 Å². The number of rotatable bonds is 5. The molecule has 0 saturated carbocycles. The van der Waals surface area contributed by atoms with E-state index in [0.29, 0.717) is 26.8 Å². The lowest BCUT2D eigenvalue weighted by Crippen LogP contribution is -2.12. The van der Waals surface area contributed by atoms with Gasteiger partial charge in [0.2, 0.25) is 5.82 Å². The van der Waals surface area contributed by atoms with E-state index in [4.69, 9.17) is 0 Å². The molecule has 4 aromatic rings. The predicted molar refractivity (Wildman–Crippen MR) is 111 cm³/mol. The average molecular weight is 441 g/mol. The summed E-state index contributed by atoms with van der Waals surface area (Å²) in [4.78, 5) is 38.4. The highest BCUT2D eigenvalue weighted by atomic mass is 32.1. The smallest absolute Gasteiger partial charge is 0.306 e.